The molecular formula is C23H35N3O7. The summed E-state index contributed by atoms with van der Waals surface area (Å²) in [6, 6.07) is -0.603. The van der Waals surface area contributed by atoms with Crippen molar-refractivity contribution in [2.24, 2.45) is 17.3 Å². The van der Waals surface area contributed by atoms with E-state index in [1.807, 2.05) is 0 Å². The fraction of sp³-hybridized carbons (Fsp3) is 0.783. The maximum Gasteiger partial charge on any atom is 0.326 e. The van der Waals surface area contributed by atoms with Crippen LogP contribution in [0.15, 0.2) is 0 Å². The van der Waals surface area contributed by atoms with Gasteiger partial charge >= 0.3 is 18.0 Å². The molecule has 2 atom stereocenters. The third-order valence-corrected chi connectivity index (χ3v) is 6.74. The molecule has 4 amide bonds. The molecule has 3 aliphatic rings. The van der Waals surface area contributed by atoms with Crippen molar-refractivity contribution in [3.05, 3.63) is 0 Å². The van der Waals surface area contributed by atoms with E-state index in [2.05, 4.69) is 26.1 Å². The minimum absolute atomic E-state index is 0.107. The average Bonchev–Trinajstić information content (AvgIpc) is 2.94. The molecule has 2 unspecified atom stereocenters. The number of likely N-dealkylation sites (tertiary alicyclic amines) is 1. The van der Waals surface area contributed by atoms with Crippen molar-refractivity contribution in [3.63, 3.8) is 0 Å². The third-order valence-electron chi connectivity index (χ3n) is 6.74. The summed E-state index contributed by atoms with van der Waals surface area (Å²) in [5, 5.41) is 2.82. The van der Waals surface area contributed by atoms with Crippen LogP contribution >= 0.6 is 0 Å². The summed E-state index contributed by atoms with van der Waals surface area (Å²) < 4.78 is 10.1. The summed E-state index contributed by atoms with van der Waals surface area (Å²) in [5.74, 6) is -1.81. The van der Waals surface area contributed by atoms with Crippen molar-refractivity contribution < 1.29 is 33.4 Å². The Morgan fingerprint density at radius 2 is 1.76 bits per heavy atom. The highest BCUT2D eigenvalue weighted by Gasteiger charge is 2.56. The molecule has 184 valence electrons. The minimum atomic E-state index is -0.988. The van der Waals surface area contributed by atoms with Crippen LogP contribution in [0.25, 0.3) is 0 Å². The van der Waals surface area contributed by atoms with Crippen LogP contribution in [-0.4, -0.2) is 78.0 Å². The number of hydrogen-bond acceptors (Lipinski definition) is 7. The van der Waals surface area contributed by atoms with Crippen LogP contribution in [0, 0.1) is 17.3 Å². The number of amides is 4. The highest BCUT2D eigenvalue weighted by molar-refractivity contribution is 6.08. The lowest BCUT2D eigenvalue weighted by atomic mass is 9.64. The van der Waals surface area contributed by atoms with Crippen molar-refractivity contribution in [1.29, 1.82) is 0 Å². The largest absolute Gasteiger partial charge is 0.466 e. The molecule has 10 heteroatoms. The van der Waals surface area contributed by atoms with E-state index in [1.165, 1.54) is 4.90 Å². The number of hydrogen-bond donors (Lipinski definition) is 1. The smallest absolute Gasteiger partial charge is 0.326 e. The first-order chi connectivity index (χ1) is 15.5. The summed E-state index contributed by atoms with van der Waals surface area (Å²) in [6.45, 7) is 8.03. The lowest BCUT2D eigenvalue weighted by Gasteiger charge is -2.43. The number of imide groups is 1. The Kier molecular flexibility index (Phi) is 7.33. The Morgan fingerprint density at radius 1 is 1.09 bits per heavy atom. The monoisotopic (exact) mass is 465 g/mol. The molecule has 0 aromatic heterocycles. The van der Waals surface area contributed by atoms with E-state index < -0.39 is 36.6 Å². The molecule has 3 rings (SSSR count). The molecule has 0 aromatic rings. The highest BCUT2D eigenvalue weighted by atomic mass is 16.5. The molecule has 0 bridgehead atoms. The van der Waals surface area contributed by atoms with E-state index >= 15 is 0 Å². The van der Waals surface area contributed by atoms with Crippen LogP contribution in [0.3, 0.4) is 0 Å². The SMILES string of the molecule is CCOC(=O)C1CCN(C(=O)COC(=O)CN2C(=O)NC3(CC(C)CC(C)(C)C3)C2=O)CC1. The molecule has 2 aliphatic heterocycles. The molecule has 33 heavy (non-hydrogen) atoms. The zero-order valence-corrected chi connectivity index (χ0v) is 20.0. The normalized spacial score (nSPS) is 27.5. The number of ether oxygens (including phenoxy) is 2. The second kappa shape index (κ2) is 9.69. The summed E-state index contributed by atoms with van der Waals surface area (Å²) in [5.41, 5.74) is -1.10. The molecule has 2 heterocycles. The van der Waals surface area contributed by atoms with E-state index in [9.17, 15) is 24.0 Å². The molecule has 0 radical (unpaired) electrons. The van der Waals surface area contributed by atoms with Gasteiger partial charge in [-0.1, -0.05) is 20.8 Å². The Hall–Kier alpha value is -2.65. The first-order valence-corrected chi connectivity index (χ1v) is 11.7. The lowest BCUT2D eigenvalue weighted by Crippen LogP contribution is -2.54. The summed E-state index contributed by atoms with van der Waals surface area (Å²) in [6.07, 6.45) is 3.00. The molecule has 1 saturated carbocycles. The number of carbonyl (C=O) groups excluding carboxylic acids is 5. The highest BCUT2D eigenvalue weighted by Crippen LogP contribution is 2.46. The first-order valence-electron chi connectivity index (χ1n) is 11.7. The maximum absolute atomic E-state index is 13.1. The minimum Gasteiger partial charge on any atom is -0.466 e. The van der Waals surface area contributed by atoms with Crippen LogP contribution in [-0.2, 0) is 28.7 Å². The van der Waals surface area contributed by atoms with Crippen molar-refractivity contribution in [3.8, 4) is 0 Å². The number of nitrogens with one attached hydrogen (secondary N) is 1. The first kappa shape index (κ1) is 25.0. The molecule has 10 nitrogen and oxygen atoms in total. The van der Waals surface area contributed by atoms with Gasteiger partial charge in [0.1, 0.15) is 12.1 Å². The predicted octanol–water partition coefficient (Wildman–Crippen LogP) is 1.47. The van der Waals surface area contributed by atoms with Gasteiger partial charge in [0.05, 0.1) is 12.5 Å². The second-order valence-corrected chi connectivity index (χ2v) is 10.3. The molecule has 0 aromatic carbocycles. The van der Waals surface area contributed by atoms with Gasteiger partial charge in [-0.3, -0.25) is 24.1 Å². The van der Waals surface area contributed by atoms with Crippen molar-refractivity contribution >= 4 is 29.8 Å². The van der Waals surface area contributed by atoms with Crippen LogP contribution in [0.4, 0.5) is 4.79 Å². The molecule has 3 fully saturated rings. The number of nitrogens with zero attached hydrogens (tertiary/aromatic N) is 2. The van der Waals surface area contributed by atoms with E-state index in [-0.39, 0.29) is 29.1 Å². The molecular weight excluding hydrogens is 430 g/mol. The van der Waals surface area contributed by atoms with E-state index in [1.54, 1.807) is 6.92 Å². The van der Waals surface area contributed by atoms with Gasteiger partial charge in [-0.15, -0.1) is 0 Å². The van der Waals surface area contributed by atoms with Crippen LogP contribution in [0.2, 0.25) is 0 Å². The molecule has 1 spiro atoms. The van der Waals surface area contributed by atoms with Gasteiger partial charge in [0.15, 0.2) is 6.61 Å². The number of piperidine rings is 1. The lowest BCUT2D eigenvalue weighted by molar-refractivity contribution is -0.156. The third kappa shape index (κ3) is 5.65. The van der Waals surface area contributed by atoms with Gasteiger partial charge in [0.2, 0.25) is 0 Å². The van der Waals surface area contributed by atoms with E-state index in [0.29, 0.717) is 45.4 Å². The quantitative estimate of drug-likeness (QED) is 0.465. The Bertz CT molecular complexity index is 819. The van der Waals surface area contributed by atoms with Crippen LogP contribution < -0.4 is 5.32 Å². The molecule has 1 N–H and O–H groups in total. The second-order valence-electron chi connectivity index (χ2n) is 10.3. The van der Waals surface area contributed by atoms with Crippen molar-refractivity contribution in [1.82, 2.24) is 15.1 Å². The Balaban J connectivity index is 1.48. The predicted molar refractivity (Wildman–Crippen MR) is 117 cm³/mol. The standard InChI is InChI=1S/C23H35N3O7/c1-5-32-19(29)16-6-8-25(9-7-16)17(27)13-33-18(28)12-26-20(30)23(24-21(26)31)11-15(2)10-22(3,4)14-23/h15-16H,5-14H2,1-4H3,(H,24,31). The van der Waals surface area contributed by atoms with Crippen molar-refractivity contribution in [2.45, 2.75) is 65.3 Å². The molecule has 1 aliphatic carbocycles. The number of esters is 2. The fourth-order valence-corrected chi connectivity index (χ4v) is 5.68. The van der Waals surface area contributed by atoms with Gasteiger partial charge in [-0.2, -0.15) is 0 Å². The fourth-order valence-electron chi connectivity index (χ4n) is 5.68. The summed E-state index contributed by atoms with van der Waals surface area (Å²) >= 11 is 0. The average molecular weight is 466 g/mol. The maximum atomic E-state index is 13.1. The Labute approximate surface area is 194 Å². The summed E-state index contributed by atoms with van der Waals surface area (Å²) in [7, 11) is 0. The zero-order valence-electron chi connectivity index (χ0n) is 20.0. The van der Waals surface area contributed by atoms with Crippen LogP contribution in [0.1, 0.15) is 59.8 Å². The summed E-state index contributed by atoms with van der Waals surface area (Å²) in [4.78, 5) is 64.6. The van der Waals surface area contributed by atoms with Gasteiger partial charge in [-0.25, -0.2) is 4.79 Å². The van der Waals surface area contributed by atoms with Crippen molar-refractivity contribution in [2.75, 3.05) is 32.8 Å². The topological polar surface area (TPSA) is 122 Å². The number of rotatable bonds is 6. The van der Waals surface area contributed by atoms with E-state index in [4.69, 9.17) is 9.47 Å². The number of urea groups is 1. The van der Waals surface area contributed by atoms with E-state index in [0.717, 1.165) is 11.3 Å². The number of carbonyl (C=O) groups is 5. The van der Waals surface area contributed by atoms with Gasteiger partial charge < -0.3 is 19.7 Å². The molecule has 2 saturated heterocycles. The van der Waals surface area contributed by atoms with Crippen LogP contribution in [0.5, 0.6) is 0 Å². The zero-order chi connectivity index (χ0) is 24.4. The van der Waals surface area contributed by atoms with Gasteiger partial charge in [0, 0.05) is 13.1 Å². The van der Waals surface area contributed by atoms with Gasteiger partial charge in [0.25, 0.3) is 11.8 Å². The Morgan fingerprint density at radius 3 is 2.36 bits per heavy atom. The van der Waals surface area contributed by atoms with Gasteiger partial charge in [-0.05, 0) is 50.4 Å².